The molecule has 0 aliphatic carbocycles. The van der Waals surface area contributed by atoms with Crippen LogP contribution in [0.3, 0.4) is 0 Å². The largest absolute Gasteiger partial charge is 0.464 e. The van der Waals surface area contributed by atoms with E-state index in [1.807, 2.05) is 0 Å². The molecule has 0 saturated carbocycles. The van der Waals surface area contributed by atoms with Gasteiger partial charge in [0.1, 0.15) is 12.7 Å². The Labute approximate surface area is 160 Å². The molecule has 29 heavy (non-hydrogen) atoms. The van der Waals surface area contributed by atoms with Crippen molar-refractivity contribution in [2.75, 3.05) is 14.2 Å². The average molecular weight is 446 g/mol. The van der Waals surface area contributed by atoms with Crippen LogP contribution >= 0.6 is 0 Å². The Balaban J connectivity index is -0.000000368. The van der Waals surface area contributed by atoms with E-state index in [4.69, 9.17) is 0 Å². The topological polar surface area (TPSA) is 52.6 Å². The number of allylic oxidation sites excluding steroid dienone is 2. The van der Waals surface area contributed by atoms with Gasteiger partial charge in [-0.25, -0.2) is 31.5 Å². The first-order valence-corrected chi connectivity index (χ1v) is 7.35. The Morgan fingerprint density at radius 2 is 1.28 bits per heavy atom. The average Bonchev–Trinajstić information content (AvgIpc) is 2.70. The number of carbonyl (C=O) groups excluding carboxylic acids is 2. The Bertz CT molecular complexity index is 569. The van der Waals surface area contributed by atoms with E-state index in [0.717, 1.165) is 27.2 Å². The van der Waals surface area contributed by atoms with Crippen molar-refractivity contribution >= 4 is 11.9 Å². The Kier molecular flexibility index (Phi) is 16.6. The standard InChI is InChI=1S/C7H8F6.C5H7FO2.C4H4F2O2/c1-2-6(10,11)4-7(12,13)5(9)3-8;1-3-4(6)5(7)8-2;1-8-4(7)3(6)2-5/h3H,2,4H2,1H3;3H,1-2H3;2H,1H3/b5-3+;4-3-;3-2-. The predicted octanol–water partition coefficient (Wildman–Crippen LogP) is 5.81. The number of halogens is 9. The molecule has 0 radical (unpaired) electrons. The highest BCUT2D eigenvalue weighted by Gasteiger charge is 2.45. The van der Waals surface area contributed by atoms with Gasteiger partial charge in [0.2, 0.25) is 11.7 Å². The minimum atomic E-state index is -4.44. The summed E-state index contributed by atoms with van der Waals surface area (Å²) in [4.78, 5) is 19.9. The molecule has 0 aromatic heterocycles. The summed E-state index contributed by atoms with van der Waals surface area (Å²) >= 11 is 0. The fraction of sp³-hybridized carbons (Fsp3) is 0.500. The first-order valence-electron chi connectivity index (χ1n) is 7.35. The van der Waals surface area contributed by atoms with E-state index in [0.29, 0.717) is 0 Å². The van der Waals surface area contributed by atoms with Crippen LogP contribution in [0, 0.1) is 0 Å². The monoisotopic (exact) mass is 446 g/mol. The third-order valence-corrected chi connectivity index (χ3v) is 2.55. The molecule has 0 bridgehead atoms. The molecular formula is C16H19F9O4. The Hall–Kier alpha value is -2.47. The van der Waals surface area contributed by atoms with Crippen molar-refractivity contribution in [1.82, 2.24) is 0 Å². The summed E-state index contributed by atoms with van der Waals surface area (Å²) in [6, 6.07) is 0. The number of ether oxygens (including phenoxy) is 2. The fourth-order valence-electron chi connectivity index (χ4n) is 0.971. The summed E-state index contributed by atoms with van der Waals surface area (Å²) in [5.41, 5.74) is 0. The van der Waals surface area contributed by atoms with Crippen LogP contribution in [0.15, 0.2) is 36.2 Å². The van der Waals surface area contributed by atoms with Crippen molar-refractivity contribution in [1.29, 1.82) is 0 Å². The van der Waals surface area contributed by atoms with Crippen LogP contribution in [0.2, 0.25) is 0 Å². The molecular weight excluding hydrogens is 427 g/mol. The van der Waals surface area contributed by atoms with Gasteiger partial charge in [-0.05, 0) is 13.0 Å². The van der Waals surface area contributed by atoms with E-state index in [9.17, 15) is 49.1 Å². The highest BCUT2D eigenvalue weighted by molar-refractivity contribution is 5.85. The molecule has 4 nitrogen and oxygen atoms in total. The van der Waals surface area contributed by atoms with E-state index in [2.05, 4.69) is 9.47 Å². The summed E-state index contributed by atoms with van der Waals surface area (Å²) in [6.45, 7) is 2.40. The molecule has 0 unspecified atom stereocenters. The van der Waals surface area contributed by atoms with Gasteiger partial charge in [0, 0.05) is 6.42 Å². The molecule has 0 spiro atoms. The molecule has 0 rings (SSSR count). The smallest absolute Gasteiger partial charge is 0.369 e. The van der Waals surface area contributed by atoms with Crippen LogP contribution in [0.25, 0.3) is 0 Å². The summed E-state index contributed by atoms with van der Waals surface area (Å²) in [7, 11) is 2.09. The Morgan fingerprint density at radius 1 is 0.862 bits per heavy atom. The highest BCUT2D eigenvalue weighted by atomic mass is 19.3. The number of carbonyl (C=O) groups is 2. The normalized spacial score (nSPS) is 12.8. The molecule has 0 aromatic carbocycles. The van der Waals surface area contributed by atoms with Gasteiger partial charge < -0.3 is 9.47 Å². The molecule has 0 heterocycles. The SMILES string of the molecule is C/C=C(\F)C(=O)OC.CCC(F)(F)CC(F)(F)/C(F)=C\F.COC(=O)/C(F)=C/F. The van der Waals surface area contributed by atoms with Crippen LogP contribution in [-0.4, -0.2) is 38.0 Å². The van der Waals surface area contributed by atoms with Crippen molar-refractivity contribution < 1.29 is 58.6 Å². The number of hydrogen-bond acceptors (Lipinski definition) is 4. The lowest BCUT2D eigenvalue weighted by molar-refractivity contribution is -0.138. The quantitative estimate of drug-likeness (QED) is 0.294. The second-order valence-corrected chi connectivity index (χ2v) is 4.62. The van der Waals surface area contributed by atoms with E-state index in [1.54, 1.807) is 0 Å². The number of methoxy groups -OCH3 is 2. The minimum absolute atomic E-state index is 0.453. The van der Waals surface area contributed by atoms with Gasteiger partial charge in [-0.2, -0.15) is 17.6 Å². The van der Waals surface area contributed by atoms with Gasteiger partial charge in [0.25, 0.3) is 5.92 Å². The minimum Gasteiger partial charge on any atom is -0.464 e. The van der Waals surface area contributed by atoms with Crippen molar-refractivity contribution in [2.45, 2.75) is 38.5 Å². The summed E-state index contributed by atoms with van der Waals surface area (Å²) in [6.07, 6.45) is -3.27. The molecule has 0 aliphatic rings. The molecule has 0 saturated heterocycles. The van der Waals surface area contributed by atoms with E-state index in [1.165, 1.54) is 6.92 Å². The Morgan fingerprint density at radius 3 is 1.48 bits per heavy atom. The van der Waals surface area contributed by atoms with Crippen LogP contribution in [0.1, 0.15) is 26.7 Å². The van der Waals surface area contributed by atoms with Crippen molar-refractivity contribution in [3.8, 4) is 0 Å². The molecule has 13 heteroatoms. The maximum Gasteiger partial charge on any atom is 0.369 e. The number of esters is 2. The lowest BCUT2D eigenvalue weighted by Gasteiger charge is -2.20. The maximum absolute atomic E-state index is 12.3. The van der Waals surface area contributed by atoms with E-state index in [-0.39, 0.29) is 0 Å². The van der Waals surface area contributed by atoms with Gasteiger partial charge in [-0.3, -0.25) is 0 Å². The maximum atomic E-state index is 12.3. The van der Waals surface area contributed by atoms with Gasteiger partial charge in [0.15, 0.2) is 5.83 Å². The summed E-state index contributed by atoms with van der Waals surface area (Å²) in [5.74, 6) is -15.2. The lowest BCUT2D eigenvalue weighted by atomic mass is 10.1. The second-order valence-electron chi connectivity index (χ2n) is 4.62. The van der Waals surface area contributed by atoms with Gasteiger partial charge >= 0.3 is 17.9 Å². The first-order chi connectivity index (χ1) is 13.2. The van der Waals surface area contributed by atoms with Gasteiger partial charge in [0.05, 0.1) is 20.6 Å². The first kappa shape index (κ1) is 31.2. The zero-order valence-electron chi connectivity index (χ0n) is 15.7. The molecule has 0 atom stereocenters. The zero-order valence-corrected chi connectivity index (χ0v) is 15.7. The van der Waals surface area contributed by atoms with E-state index >= 15 is 0 Å². The third-order valence-electron chi connectivity index (χ3n) is 2.55. The molecule has 0 fully saturated rings. The fourth-order valence-corrected chi connectivity index (χ4v) is 0.971. The van der Waals surface area contributed by atoms with Crippen molar-refractivity contribution in [2.24, 2.45) is 0 Å². The zero-order chi connectivity index (χ0) is 23.8. The number of rotatable bonds is 6. The van der Waals surface area contributed by atoms with Crippen LogP contribution < -0.4 is 0 Å². The number of hydrogen-bond donors (Lipinski definition) is 0. The molecule has 0 N–H and O–H groups in total. The lowest BCUT2D eigenvalue weighted by Crippen LogP contribution is -2.29. The van der Waals surface area contributed by atoms with Crippen molar-refractivity contribution in [3.05, 3.63) is 36.2 Å². The van der Waals surface area contributed by atoms with E-state index < -0.39 is 66.8 Å². The number of alkyl halides is 4. The molecule has 170 valence electrons. The molecule has 0 aliphatic heterocycles. The van der Waals surface area contributed by atoms with Crippen LogP contribution in [0.4, 0.5) is 39.5 Å². The highest BCUT2D eigenvalue weighted by Crippen LogP contribution is 2.37. The predicted molar refractivity (Wildman–Crippen MR) is 84.3 cm³/mol. The van der Waals surface area contributed by atoms with Gasteiger partial charge in [-0.1, -0.05) is 6.92 Å². The molecule has 0 amide bonds. The van der Waals surface area contributed by atoms with Gasteiger partial charge in [-0.15, -0.1) is 0 Å². The second kappa shape index (κ2) is 15.5. The molecule has 0 aromatic rings. The van der Waals surface area contributed by atoms with Crippen molar-refractivity contribution in [3.63, 3.8) is 0 Å². The third kappa shape index (κ3) is 15.2. The summed E-state index contributed by atoms with van der Waals surface area (Å²) < 4.78 is 115. The van der Waals surface area contributed by atoms with Crippen LogP contribution in [0.5, 0.6) is 0 Å². The summed E-state index contributed by atoms with van der Waals surface area (Å²) in [5, 5.41) is 0. The van der Waals surface area contributed by atoms with Crippen LogP contribution in [-0.2, 0) is 19.1 Å².